The molecular weight excluding hydrogens is 378 g/mol. The van der Waals surface area contributed by atoms with Crippen molar-refractivity contribution in [2.24, 2.45) is 11.5 Å². The number of aliphatic hydroxyl groups excluding tert-OH is 2. The standard InChI is InChI=1S/2C7H16BNO5/c2*9-7(5-10,6(11)12)3-1-2-4-8(13)14/h2*10,13-14H,1-5,9H2,(H,11,12)/t2*7-/m10/s1. The van der Waals surface area contributed by atoms with Crippen molar-refractivity contribution in [3.05, 3.63) is 0 Å². The van der Waals surface area contributed by atoms with Crippen LogP contribution in [-0.2, 0) is 9.59 Å². The SMILES string of the molecule is N[C@@](CO)(CCCCB(O)O)C(=O)O.N[C@](CO)(CCCCB(O)O)C(=O)O. The molecule has 0 radical (unpaired) electrons. The van der Waals surface area contributed by atoms with Gasteiger partial charge in [-0.3, -0.25) is 9.59 Å². The van der Waals surface area contributed by atoms with Crippen molar-refractivity contribution >= 4 is 26.2 Å². The lowest BCUT2D eigenvalue weighted by atomic mass is 9.82. The molecule has 28 heavy (non-hydrogen) atoms. The maximum atomic E-state index is 10.6. The van der Waals surface area contributed by atoms with Gasteiger partial charge in [0.05, 0.1) is 13.2 Å². The lowest BCUT2D eigenvalue weighted by Gasteiger charge is -2.21. The van der Waals surface area contributed by atoms with Gasteiger partial charge in [-0.2, -0.15) is 0 Å². The monoisotopic (exact) mass is 410 g/mol. The molecule has 164 valence electrons. The maximum absolute atomic E-state index is 10.6. The normalized spacial score (nSPS) is 14.9. The molecule has 0 aliphatic heterocycles. The van der Waals surface area contributed by atoms with E-state index < -0.39 is 50.5 Å². The minimum absolute atomic E-state index is 0.117. The zero-order chi connectivity index (χ0) is 22.4. The summed E-state index contributed by atoms with van der Waals surface area (Å²) in [6.07, 6.45) is 2.38. The number of aliphatic carboxylic acids is 2. The van der Waals surface area contributed by atoms with Gasteiger partial charge in [0.15, 0.2) is 0 Å². The van der Waals surface area contributed by atoms with E-state index in [1.54, 1.807) is 0 Å². The second-order valence-electron chi connectivity index (χ2n) is 6.69. The zero-order valence-electron chi connectivity index (χ0n) is 15.8. The summed E-state index contributed by atoms with van der Waals surface area (Å²) < 4.78 is 0. The highest BCUT2D eigenvalue weighted by Crippen LogP contribution is 2.13. The van der Waals surface area contributed by atoms with Crippen LogP contribution in [0.5, 0.6) is 0 Å². The van der Waals surface area contributed by atoms with Crippen LogP contribution in [0, 0.1) is 0 Å². The van der Waals surface area contributed by atoms with Crippen LogP contribution in [0.15, 0.2) is 0 Å². The molecule has 0 amide bonds. The second kappa shape index (κ2) is 14.7. The summed E-state index contributed by atoms with van der Waals surface area (Å²) in [5, 5.41) is 68.9. The molecule has 0 saturated heterocycles. The summed E-state index contributed by atoms with van der Waals surface area (Å²) in [5.74, 6) is -2.49. The zero-order valence-corrected chi connectivity index (χ0v) is 15.8. The van der Waals surface area contributed by atoms with Crippen LogP contribution in [0.25, 0.3) is 0 Å². The fourth-order valence-electron chi connectivity index (χ4n) is 2.04. The number of nitrogens with two attached hydrogens (primary N) is 2. The average molecular weight is 410 g/mol. The molecule has 0 spiro atoms. The molecule has 14 heteroatoms. The number of unbranched alkanes of at least 4 members (excludes halogenated alkanes) is 2. The van der Waals surface area contributed by atoms with Crippen LogP contribution in [-0.4, -0.2) is 91.0 Å². The smallest absolute Gasteiger partial charge is 0.451 e. The van der Waals surface area contributed by atoms with Crippen molar-refractivity contribution < 1.29 is 50.1 Å². The van der Waals surface area contributed by atoms with E-state index >= 15 is 0 Å². The first kappa shape index (κ1) is 29.0. The van der Waals surface area contributed by atoms with Crippen LogP contribution in [0.2, 0.25) is 12.6 Å². The molecule has 0 aliphatic rings. The van der Waals surface area contributed by atoms with E-state index in [1.807, 2.05) is 0 Å². The van der Waals surface area contributed by atoms with Gasteiger partial charge in [0, 0.05) is 0 Å². The number of rotatable bonds is 14. The van der Waals surface area contributed by atoms with Gasteiger partial charge in [0.1, 0.15) is 11.1 Å². The summed E-state index contributed by atoms with van der Waals surface area (Å²) in [7, 11) is -2.75. The first-order valence-electron chi connectivity index (χ1n) is 8.83. The molecule has 12 nitrogen and oxygen atoms in total. The third kappa shape index (κ3) is 13.0. The topological polar surface area (TPSA) is 248 Å². The van der Waals surface area contributed by atoms with E-state index in [0.29, 0.717) is 25.7 Å². The quantitative estimate of drug-likeness (QED) is 0.100. The Labute approximate surface area is 164 Å². The van der Waals surface area contributed by atoms with Crippen molar-refractivity contribution in [3.8, 4) is 0 Å². The van der Waals surface area contributed by atoms with E-state index in [9.17, 15) is 9.59 Å². The summed E-state index contributed by atoms with van der Waals surface area (Å²) >= 11 is 0. The van der Waals surface area contributed by atoms with Crippen LogP contribution in [0.3, 0.4) is 0 Å². The minimum Gasteiger partial charge on any atom is -0.480 e. The van der Waals surface area contributed by atoms with Crippen molar-refractivity contribution in [3.63, 3.8) is 0 Å². The van der Waals surface area contributed by atoms with Gasteiger partial charge >= 0.3 is 26.2 Å². The summed E-state index contributed by atoms with van der Waals surface area (Å²) in [6.45, 7) is -1.24. The van der Waals surface area contributed by atoms with Gasteiger partial charge in [0.2, 0.25) is 0 Å². The van der Waals surface area contributed by atoms with Crippen LogP contribution in [0.1, 0.15) is 38.5 Å². The van der Waals surface area contributed by atoms with E-state index in [1.165, 1.54) is 0 Å². The first-order valence-corrected chi connectivity index (χ1v) is 8.83. The fraction of sp³-hybridized carbons (Fsp3) is 0.857. The number of aliphatic hydroxyl groups is 2. The summed E-state index contributed by atoms with van der Waals surface area (Å²) in [4.78, 5) is 21.2. The second-order valence-corrected chi connectivity index (χ2v) is 6.69. The first-order chi connectivity index (χ1) is 12.8. The number of hydrogen-bond donors (Lipinski definition) is 10. The lowest BCUT2D eigenvalue weighted by Crippen LogP contribution is -2.51. The van der Waals surface area contributed by atoms with Crippen LogP contribution < -0.4 is 11.5 Å². The summed E-state index contributed by atoms with van der Waals surface area (Å²) in [6, 6.07) is 0. The molecule has 12 N–H and O–H groups in total. The molecule has 2 atom stereocenters. The minimum atomic E-state index is -1.61. The highest BCUT2D eigenvalue weighted by Gasteiger charge is 2.33. The van der Waals surface area contributed by atoms with Gasteiger partial charge in [-0.1, -0.05) is 25.7 Å². The van der Waals surface area contributed by atoms with Crippen molar-refractivity contribution in [1.82, 2.24) is 0 Å². The Balaban J connectivity index is 0. The molecule has 0 fully saturated rings. The number of carbonyl (C=O) groups is 2. The molecule has 0 rings (SSSR count). The van der Waals surface area contributed by atoms with Crippen molar-refractivity contribution in [1.29, 1.82) is 0 Å². The number of hydrogen-bond acceptors (Lipinski definition) is 10. The highest BCUT2D eigenvalue weighted by molar-refractivity contribution is 6.41. The Kier molecular flexibility index (Phi) is 15.2. The third-order valence-corrected chi connectivity index (χ3v) is 4.09. The molecular formula is C14H32B2N2O10. The average Bonchev–Trinajstić information content (AvgIpc) is 2.61. The van der Waals surface area contributed by atoms with Crippen molar-refractivity contribution in [2.45, 2.75) is 62.2 Å². The lowest BCUT2D eigenvalue weighted by molar-refractivity contribution is -0.146. The maximum Gasteiger partial charge on any atom is 0.451 e. The number of carboxylic acids is 2. The third-order valence-electron chi connectivity index (χ3n) is 4.09. The Morgan fingerprint density at radius 1 is 0.679 bits per heavy atom. The molecule has 0 unspecified atom stereocenters. The molecule has 0 aromatic heterocycles. The van der Waals surface area contributed by atoms with Crippen LogP contribution >= 0.6 is 0 Å². The largest absolute Gasteiger partial charge is 0.480 e. The molecule has 0 saturated carbocycles. The predicted molar refractivity (Wildman–Crippen MR) is 101 cm³/mol. The van der Waals surface area contributed by atoms with Gasteiger partial charge < -0.3 is 52.0 Å². The number of carboxylic acid groups (broad SMARTS) is 2. The van der Waals surface area contributed by atoms with Gasteiger partial charge in [-0.25, -0.2) is 0 Å². The Morgan fingerprint density at radius 2 is 0.964 bits per heavy atom. The van der Waals surface area contributed by atoms with Gasteiger partial charge in [-0.15, -0.1) is 0 Å². The van der Waals surface area contributed by atoms with E-state index in [4.69, 9.17) is 52.0 Å². The highest BCUT2D eigenvalue weighted by atomic mass is 16.4. The van der Waals surface area contributed by atoms with Gasteiger partial charge in [0.25, 0.3) is 0 Å². The Bertz CT molecular complexity index is 418. The molecule has 0 aromatic carbocycles. The predicted octanol–water partition coefficient (Wildman–Crippen LogP) is -3.19. The van der Waals surface area contributed by atoms with Gasteiger partial charge in [-0.05, 0) is 25.5 Å². The van der Waals surface area contributed by atoms with Crippen LogP contribution in [0.4, 0.5) is 0 Å². The molecule has 0 bridgehead atoms. The van der Waals surface area contributed by atoms with E-state index in [2.05, 4.69) is 0 Å². The Morgan fingerprint density at radius 3 is 1.14 bits per heavy atom. The molecule has 0 aliphatic carbocycles. The van der Waals surface area contributed by atoms with E-state index in [-0.39, 0.29) is 25.5 Å². The fourth-order valence-corrected chi connectivity index (χ4v) is 2.04. The van der Waals surface area contributed by atoms with Crippen molar-refractivity contribution in [2.75, 3.05) is 13.2 Å². The Hall–Kier alpha value is -1.25. The van der Waals surface area contributed by atoms with E-state index in [0.717, 1.165) is 0 Å². The molecule has 0 heterocycles. The molecule has 0 aromatic rings. The summed E-state index contributed by atoms with van der Waals surface area (Å²) in [5.41, 5.74) is 7.54.